The first-order chi connectivity index (χ1) is 7.69. The number of allylic oxidation sites excluding steroid dienone is 2. The zero-order valence-electron chi connectivity index (χ0n) is 10.3. The van der Waals surface area contributed by atoms with E-state index in [9.17, 15) is 4.79 Å². The van der Waals surface area contributed by atoms with Crippen LogP contribution in [0.15, 0.2) is 17.8 Å². The summed E-state index contributed by atoms with van der Waals surface area (Å²) >= 11 is 0. The van der Waals surface area contributed by atoms with Crippen molar-refractivity contribution >= 4 is 5.78 Å². The maximum atomic E-state index is 12.2. The van der Waals surface area contributed by atoms with Gasteiger partial charge in [-0.3, -0.25) is 9.48 Å². The third kappa shape index (κ3) is 2.15. The van der Waals surface area contributed by atoms with Crippen LogP contribution in [0, 0.1) is 0 Å². The average Bonchev–Trinajstić information content (AvgIpc) is 2.72. The Morgan fingerprint density at radius 2 is 2.25 bits per heavy atom. The maximum absolute atomic E-state index is 12.2. The first-order valence-corrected chi connectivity index (χ1v) is 5.49. The quantitative estimate of drug-likeness (QED) is 0.567. The number of aromatic nitrogens is 2. The highest BCUT2D eigenvalue weighted by atomic mass is 16.5. The zero-order valence-corrected chi connectivity index (χ0v) is 10.3. The molecule has 0 aliphatic rings. The number of nitrogens with zero attached hydrogens (tertiary/aromatic N) is 2. The van der Waals surface area contributed by atoms with Crippen molar-refractivity contribution in [1.82, 2.24) is 9.78 Å². The summed E-state index contributed by atoms with van der Waals surface area (Å²) in [7, 11) is 1.55. The van der Waals surface area contributed by atoms with Crippen molar-refractivity contribution in [1.29, 1.82) is 0 Å². The van der Waals surface area contributed by atoms with Crippen molar-refractivity contribution in [2.24, 2.45) is 0 Å². The third-order valence-corrected chi connectivity index (χ3v) is 2.56. The standard InChI is InChI=1S/C12H18N2O2/c1-5-9(6-2)12(15)11-10(16-4)8-13-14(11)7-3/h5,8H,6-7H2,1-4H3. The van der Waals surface area contributed by atoms with Crippen molar-refractivity contribution in [3.05, 3.63) is 23.5 Å². The molecule has 1 aromatic heterocycles. The van der Waals surface area contributed by atoms with Gasteiger partial charge in [0.05, 0.1) is 13.3 Å². The van der Waals surface area contributed by atoms with Crippen LogP contribution in [-0.4, -0.2) is 22.7 Å². The molecule has 0 aromatic carbocycles. The van der Waals surface area contributed by atoms with Gasteiger partial charge in [-0.15, -0.1) is 0 Å². The number of hydrogen-bond acceptors (Lipinski definition) is 3. The number of methoxy groups -OCH3 is 1. The first kappa shape index (κ1) is 12.5. The number of Topliss-reactive ketones (excluding diaryl/α,β-unsaturated/α-hetero) is 1. The van der Waals surface area contributed by atoms with Crippen LogP contribution in [0.5, 0.6) is 5.75 Å². The summed E-state index contributed by atoms with van der Waals surface area (Å²) < 4.78 is 6.82. The third-order valence-electron chi connectivity index (χ3n) is 2.56. The summed E-state index contributed by atoms with van der Waals surface area (Å²) in [5.41, 5.74) is 1.33. The molecular weight excluding hydrogens is 204 g/mol. The number of carbonyl (C=O) groups is 1. The Labute approximate surface area is 95.9 Å². The fraction of sp³-hybridized carbons (Fsp3) is 0.500. The summed E-state index contributed by atoms with van der Waals surface area (Å²) in [6.07, 6.45) is 4.14. The molecule has 0 bridgehead atoms. The summed E-state index contributed by atoms with van der Waals surface area (Å²) in [6.45, 7) is 6.44. The molecule has 0 atom stereocenters. The minimum absolute atomic E-state index is 0.00111. The molecule has 0 aliphatic carbocycles. The van der Waals surface area contributed by atoms with E-state index >= 15 is 0 Å². The highest BCUT2D eigenvalue weighted by Crippen LogP contribution is 2.22. The van der Waals surface area contributed by atoms with Crippen molar-refractivity contribution in [3.8, 4) is 5.75 Å². The molecule has 0 unspecified atom stereocenters. The maximum Gasteiger partial charge on any atom is 0.210 e. The van der Waals surface area contributed by atoms with E-state index in [1.165, 1.54) is 0 Å². The van der Waals surface area contributed by atoms with E-state index in [2.05, 4.69) is 5.10 Å². The van der Waals surface area contributed by atoms with Gasteiger partial charge in [-0.2, -0.15) is 5.10 Å². The number of ether oxygens (including phenoxy) is 1. The first-order valence-electron chi connectivity index (χ1n) is 5.49. The van der Waals surface area contributed by atoms with Crippen LogP contribution >= 0.6 is 0 Å². The van der Waals surface area contributed by atoms with Gasteiger partial charge in [0.25, 0.3) is 0 Å². The van der Waals surface area contributed by atoms with Crippen LogP contribution in [0.3, 0.4) is 0 Å². The normalized spacial score (nSPS) is 11.6. The predicted molar refractivity (Wildman–Crippen MR) is 62.8 cm³/mol. The van der Waals surface area contributed by atoms with Crippen LogP contribution in [0.4, 0.5) is 0 Å². The minimum atomic E-state index is 0.00111. The molecule has 1 rings (SSSR count). The van der Waals surface area contributed by atoms with Gasteiger partial charge in [-0.25, -0.2) is 0 Å². The molecule has 0 aliphatic heterocycles. The number of carbonyl (C=O) groups excluding carboxylic acids is 1. The fourth-order valence-electron chi connectivity index (χ4n) is 1.63. The number of hydrogen-bond donors (Lipinski definition) is 0. The van der Waals surface area contributed by atoms with E-state index in [0.717, 1.165) is 5.57 Å². The van der Waals surface area contributed by atoms with Crippen molar-refractivity contribution in [2.45, 2.75) is 33.7 Å². The van der Waals surface area contributed by atoms with Gasteiger partial charge < -0.3 is 4.74 Å². The van der Waals surface area contributed by atoms with Gasteiger partial charge in [0, 0.05) is 6.54 Å². The number of rotatable bonds is 5. The van der Waals surface area contributed by atoms with E-state index in [0.29, 0.717) is 24.4 Å². The second kappa shape index (κ2) is 5.49. The van der Waals surface area contributed by atoms with Gasteiger partial charge in [0.2, 0.25) is 5.78 Å². The number of aryl methyl sites for hydroxylation is 1. The molecule has 16 heavy (non-hydrogen) atoms. The lowest BCUT2D eigenvalue weighted by Gasteiger charge is -2.07. The van der Waals surface area contributed by atoms with Crippen LogP contribution < -0.4 is 4.74 Å². The van der Waals surface area contributed by atoms with Crippen LogP contribution in [0.25, 0.3) is 0 Å². The van der Waals surface area contributed by atoms with Gasteiger partial charge in [0.15, 0.2) is 11.4 Å². The van der Waals surface area contributed by atoms with Gasteiger partial charge >= 0.3 is 0 Å². The minimum Gasteiger partial charge on any atom is -0.493 e. The highest BCUT2D eigenvalue weighted by molar-refractivity contribution is 6.09. The lowest BCUT2D eigenvalue weighted by Crippen LogP contribution is -2.12. The van der Waals surface area contributed by atoms with Crippen molar-refractivity contribution in [2.75, 3.05) is 7.11 Å². The monoisotopic (exact) mass is 222 g/mol. The molecule has 0 fully saturated rings. The summed E-state index contributed by atoms with van der Waals surface area (Å²) in [5.74, 6) is 0.542. The Kier molecular flexibility index (Phi) is 4.28. The zero-order chi connectivity index (χ0) is 12.1. The van der Waals surface area contributed by atoms with Crippen LogP contribution in [0.2, 0.25) is 0 Å². The molecule has 0 radical (unpaired) electrons. The lowest BCUT2D eigenvalue weighted by atomic mass is 10.1. The Morgan fingerprint density at radius 1 is 1.56 bits per heavy atom. The topological polar surface area (TPSA) is 44.1 Å². The average molecular weight is 222 g/mol. The molecular formula is C12H18N2O2. The molecule has 1 aromatic rings. The van der Waals surface area contributed by atoms with E-state index in [1.54, 1.807) is 18.0 Å². The molecule has 4 heteroatoms. The van der Waals surface area contributed by atoms with E-state index in [1.807, 2.05) is 26.8 Å². The second-order valence-electron chi connectivity index (χ2n) is 3.37. The summed E-state index contributed by atoms with van der Waals surface area (Å²) in [5, 5.41) is 4.12. The van der Waals surface area contributed by atoms with E-state index < -0.39 is 0 Å². The highest BCUT2D eigenvalue weighted by Gasteiger charge is 2.20. The van der Waals surface area contributed by atoms with E-state index in [-0.39, 0.29) is 5.78 Å². The predicted octanol–water partition coefficient (Wildman–Crippen LogP) is 2.45. The Bertz CT molecular complexity index is 384. The molecule has 1 heterocycles. The Morgan fingerprint density at radius 3 is 2.69 bits per heavy atom. The molecule has 0 spiro atoms. The molecule has 4 nitrogen and oxygen atoms in total. The smallest absolute Gasteiger partial charge is 0.210 e. The van der Waals surface area contributed by atoms with Crippen molar-refractivity contribution < 1.29 is 9.53 Å². The van der Waals surface area contributed by atoms with Gasteiger partial charge in [-0.1, -0.05) is 13.0 Å². The molecule has 88 valence electrons. The second-order valence-corrected chi connectivity index (χ2v) is 3.37. The molecule has 0 N–H and O–H groups in total. The summed E-state index contributed by atoms with van der Waals surface area (Å²) in [4.78, 5) is 12.2. The Hall–Kier alpha value is -1.58. The summed E-state index contributed by atoms with van der Waals surface area (Å²) in [6, 6.07) is 0. The van der Waals surface area contributed by atoms with Crippen LogP contribution in [0.1, 0.15) is 37.7 Å². The van der Waals surface area contributed by atoms with Crippen LogP contribution in [-0.2, 0) is 6.54 Å². The van der Waals surface area contributed by atoms with Gasteiger partial charge in [-0.05, 0) is 25.8 Å². The molecule has 0 amide bonds. The fourth-order valence-corrected chi connectivity index (χ4v) is 1.63. The largest absolute Gasteiger partial charge is 0.493 e. The SMILES string of the molecule is CC=C(CC)C(=O)c1c(OC)cnn1CC. The number of ketones is 1. The van der Waals surface area contributed by atoms with Crippen molar-refractivity contribution in [3.63, 3.8) is 0 Å². The van der Waals surface area contributed by atoms with Gasteiger partial charge in [0.1, 0.15) is 0 Å². The lowest BCUT2D eigenvalue weighted by molar-refractivity contribution is 0.101. The van der Waals surface area contributed by atoms with E-state index in [4.69, 9.17) is 4.74 Å². The molecule has 0 saturated carbocycles. The molecule has 0 saturated heterocycles. The Balaban J connectivity index is 3.20.